The third kappa shape index (κ3) is 2.40. The van der Waals surface area contributed by atoms with Crippen LogP contribution in [0.4, 0.5) is 4.39 Å². The lowest BCUT2D eigenvalue weighted by molar-refractivity contribution is 0.399. The van der Waals surface area contributed by atoms with Crippen molar-refractivity contribution in [2.45, 2.75) is 19.9 Å². The molecule has 0 saturated heterocycles. The second kappa shape index (κ2) is 5.63. The Bertz CT molecular complexity index is 1030. The molecule has 0 unspecified atom stereocenters. The van der Waals surface area contributed by atoms with Gasteiger partial charge in [0.2, 0.25) is 0 Å². The second-order valence-electron chi connectivity index (χ2n) is 5.79. The van der Waals surface area contributed by atoms with Gasteiger partial charge in [-0.05, 0) is 38.1 Å². The Labute approximate surface area is 136 Å². The van der Waals surface area contributed by atoms with Gasteiger partial charge in [0.15, 0.2) is 11.2 Å². The van der Waals surface area contributed by atoms with Gasteiger partial charge in [-0.15, -0.1) is 0 Å². The van der Waals surface area contributed by atoms with Crippen LogP contribution in [0.15, 0.2) is 33.9 Å². The number of hydrogen-bond acceptors (Lipinski definition) is 4. The number of rotatable bonds is 3. The summed E-state index contributed by atoms with van der Waals surface area (Å²) in [6.07, 6.45) is 0. The van der Waals surface area contributed by atoms with Crippen molar-refractivity contribution >= 4 is 11.2 Å². The molecule has 0 amide bonds. The summed E-state index contributed by atoms with van der Waals surface area (Å²) in [7, 11) is 2.96. The van der Waals surface area contributed by atoms with Gasteiger partial charge in [-0.1, -0.05) is 0 Å². The van der Waals surface area contributed by atoms with E-state index in [9.17, 15) is 14.0 Å². The van der Waals surface area contributed by atoms with Crippen molar-refractivity contribution in [2.75, 3.05) is 0 Å². The Morgan fingerprint density at radius 1 is 1.08 bits per heavy atom. The smallest absolute Gasteiger partial charge is 0.332 e. The lowest BCUT2D eigenvalue weighted by Crippen LogP contribution is -2.37. The predicted molar refractivity (Wildman–Crippen MR) is 87.1 cm³/mol. The number of aryl methyl sites for hydroxylation is 1. The van der Waals surface area contributed by atoms with E-state index in [1.54, 1.807) is 11.6 Å². The van der Waals surface area contributed by atoms with E-state index in [1.807, 2.05) is 13.8 Å². The first-order valence-corrected chi connectivity index (χ1v) is 7.42. The van der Waals surface area contributed by atoms with Crippen LogP contribution in [-0.2, 0) is 14.1 Å². The molecular formula is C16H17FN4O3. The van der Waals surface area contributed by atoms with Gasteiger partial charge in [0.05, 0.1) is 0 Å². The number of hydrogen-bond donors (Lipinski definition) is 0. The predicted octanol–water partition coefficient (Wildman–Crippen LogP) is 1.95. The van der Waals surface area contributed by atoms with E-state index >= 15 is 0 Å². The number of fused-ring (bicyclic) bond motifs is 1. The molecule has 7 nitrogen and oxygen atoms in total. The molecular weight excluding hydrogens is 315 g/mol. The third-order valence-corrected chi connectivity index (χ3v) is 3.80. The minimum atomic E-state index is -0.464. The monoisotopic (exact) mass is 332 g/mol. The van der Waals surface area contributed by atoms with Crippen LogP contribution in [0, 0.1) is 5.82 Å². The van der Waals surface area contributed by atoms with Gasteiger partial charge in [0.1, 0.15) is 11.6 Å². The molecule has 0 radical (unpaired) electrons. The van der Waals surface area contributed by atoms with Crippen LogP contribution in [0.2, 0.25) is 0 Å². The van der Waals surface area contributed by atoms with E-state index < -0.39 is 11.2 Å². The summed E-state index contributed by atoms with van der Waals surface area (Å²) >= 11 is 0. The molecule has 0 N–H and O–H groups in total. The summed E-state index contributed by atoms with van der Waals surface area (Å²) in [5.74, 6) is 0.00593. The zero-order valence-corrected chi connectivity index (χ0v) is 13.8. The van der Waals surface area contributed by atoms with Gasteiger partial charge in [-0.25, -0.2) is 9.18 Å². The Kier molecular flexibility index (Phi) is 3.75. The molecule has 3 aromatic rings. The van der Waals surface area contributed by atoms with Gasteiger partial charge in [0, 0.05) is 20.1 Å². The Morgan fingerprint density at radius 3 is 2.29 bits per heavy atom. The van der Waals surface area contributed by atoms with Crippen LogP contribution < -0.4 is 16.0 Å². The maximum atomic E-state index is 13.0. The highest BCUT2D eigenvalue weighted by molar-refractivity contribution is 5.72. The van der Waals surface area contributed by atoms with E-state index in [0.717, 1.165) is 4.57 Å². The van der Waals surface area contributed by atoms with Gasteiger partial charge >= 0.3 is 11.7 Å². The highest BCUT2D eigenvalue weighted by Crippen LogP contribution is 2.27. The zero-order valence-electron chi connectivity index (χ0n) is 13.8. The first kappa shape index (κ1) is 16.0. The van der Waals surface area contributed by atoms with Crippen LogP contribution in [0.3, 0.4) is 0 Å². The van der Waals surface area contributed by atoms with Crippen LogP contribution in [0.1, 0.15) is 19.9 Å². The molecule has 0 aliphatic carbocycles. The van der Waals surface area contributed by atoms with Gasteiger partial charge < -0.3 is 4.74 Å². The standard InChI is InChI=1S/C16H17FN4O3/c1-9(2)21-12-13(19(3)16(23)20(4)14(12)22)18-15(21)24-11-7-5-10(17)6-8-11/h5-9H,1-4H3. The number of aromatic nitrogens is 4. The van der Waals surface area contributed by atoms with Crippen molar-refractivity contribution in [1.82, 2.24) is 18.7 Å². The lowest BCUT2D eigenvalue weighted by atomic mass is 10.3. The summed E-state index contributed by atoms with van der Waals surface area (Å²) in [5.41, 5.74) is -0.377. The molecule has 0 aliphatic rings. The molecule has 8 heteroatoms. The molecule has 0 saturated carbocycles. The molecule has 126 valence electrons. The lowest BCUT2D eigenvalue weighted by Gasteiger charge is -2.13. The number of halogens is 1. The molecule has 1 aromatic carbocycles. The molecule has 2 aromatic heterocycles. The molecule has 0 atom stereocenters. The minimum absolute atomic E-state index is 0.129. The summed E-state index contributed by atoms with van der Waals surface area (Å²) in [5, 5.41) is 0. The molecule has 0 aliphatic heterocycles. The molecule has 24 heavy (non-hydrogen) atoms. The summed E-state index contributed by atoms with van der Waals surface area (Å²) < 4.78 is 22.7. The maximum absolute atomic E-state index is 13.0. The van der Waals surface area contributed by atoms with Crippen molar-refractivity contribution in [2.24, 2.45) is 14.1 Å². The Morgan fingerprint density at radius 2 is 1.71 bits per heavy atom. The van der Waals surface area contributed by atoms with Crippen molar-refractivity contribution < 1.29 is 9.13 Å². The average molecular weight is 332 g/mol. The van der Waals surface area contributed by atoms with Gasteiger partial charge in [0.25, 0.3) is 5.56 Å². The van der Waals surface area contributed by atoms with Crippen LogP contribution in [0.25, 0.3) is 11.2 Å². The van der Waals surface area contributed by atoms with Crippen molar-refractivity contribution in [3.63, 3.8) is 0 Å². The topological polar surface area (TPSA) is 71.1 Å². The highest BCUT2D eigenvalue weighted by Gasteiger charge is 2.22. The van der Waals surface area contributed by atoms with Gasteiger partial charge in [-0.2, -0.15) is 4.98 Å². The second-order valence-corrected chi connectivity index (χ2v) is 5.79. The molecule has 0 spiro atoms. The van der Waals surface area contributed by atoms with Crippen molar-refractivity contribution in [3.05, 3.63) is 50.9 Å². The number of imidazole rings is 1. The quantitative estimate of drug-likeness (QED) is 0.735. The number of ether oxygens (including phenoxy) is 1. The van der Waals surface area contributed by atoms with Crippen LogP contribution in [-0.4, -0.2) is 18.7 Å². The van der Waals surface area contributed by atoms with E-state index in [2.05, 4.69) is 4.98 Å². The minimum Gasteiger partial charge on any atom is -0.425 e. The zero-order chi connectivity index (χ0) is 17.6. The summed E-state index contributed by atoms with van der Waals surface area (Å²) in [4.78, 5) is 28.9. The molecule has 3 rings (SSSR count). The fraction of sp³-hybridized carbons (Fsp3) is 0.312. The maximum Gasteiger partial charge on any atom is 0.332 e. The SMILES string of the molecule is CC(C)n1c(Oc2ccc(F)cc2)nc2c1c(=O)n(C)c(=O)n2C. The number of benzene rings is 1. The number of nitrogens with zero attached hydrogens (tertiary/aromatic N) is 4. The van der Waals surface area contributed by atoms with Crippen molar-refractivity contribution in [1.29, 1.82) is 0 Å². The van der Waals surface area contributed by atoms with E-state index in [-0.39, 0.29) is 29.0 Å². The van der Waals surface area contributed by atoms with E-state index in [0.29, 0.717) is 5.75 Å². The Balaban J connectivity index is 2.28. The first-order valence-electron chi connectivity index (χ1n) is 7.42. The average Bonchev–Trinajstić information content (AvgIpc) is 2.92. The third-order valence-electron chi connectivity index (χ3n) is 3.80. The summed E-state index contributed by atoms with van der Waals surface area (Å²) in [6.45, 7) is 3.76. The largest absolute Gasteiger partial charge is 0.425 e. The van der Waals surface area contributed by atoms with E-state index in [1.165, 1.54) is 35.9 Å². The normalized spacial score (nSPS) is 11.4. The van der Waals surface area contributed by atoms with Crippen LogP contribution >= 0.6 is 0 Å². The fourth-order valence-corrected chi connectivity index (χ4v) is 2.55. The van der Waals surface area contributed by atoms with Crippen LogP contribution in [0.5, 0.6) is 11.8 Å². The van der Waals surface area contributed by atoms with E-state index in [4.69, 9.17) is 4.74 Å². The molecule has 0 bridgehead atoms. The molecule has 2 heterocycles. The fourth-order valence-electron chi connectivity index (χ4n) is 2.55. The Hall–Kier alpha value is -2.90. The summed E-state index contributed by atoms with van der Waals surface area (Å²) in [6, 6.07) is 5.52. The first-order chi connectivity index (χ1) is 11.3. The van der Waals surface area contributed by atoms with Crippen molar-refractivity contribution in [3.8, 4) is 11.8 Å². The molecule has 0 fully saturated rings. The van der Waals surface area contributed by atoms with Gasteiger partial charge in [-0.3, -0.25) is 18.5 Å². The highest BCUT2D eigenvalue weighted by atomic mass is 19.1.